The SMILES string of the molecule is CC1(C)OB(c2cc(-c3cccc(-n4c5ccccc5c5ccccc54)c3)cc(-c3cccc(-n4c5ccccc5c5ccccc54)c3)c2)OC1(C)C. The van der Waals surface area contributed by atoms with E-state index in [1.54, 1.807) is 0 Å². The van der Waals surface area contributed by atoms with Crippen LogP contribution < -0.4 is 5.46 Å². The van der Waals surface area contributed by atoms with Crippen LogP contribution in [-0.4, -0.2) is 27.5 Å². The summed E-state index contributed by atoms with van der Waals surface area (Å²) >= 11 is 0. The Morgan fingerprint density at radius 2 is 0.736 bits per heavy atom. The molecule has 0 radical (unpaired) electrons. The van der Waals surface area contributed by atoms with Crippen LogP contribution in [0.2, 0.25) is 0 Å². The molecule has 0 N–H and O–H groups in total. The van der Waals surface area contributed by atoms with Crippen LogP contribution in [0.4, 0.5) is 0 Å². The quantitative estimate of drug-likeness (QED) is 0.169. The average molecular weight is 687 g/mol. The molecule has 7 aromatic carbocycles. The fourth-order valence-corrected chi connectivity index (χ4v) is 8.15. The van der Waals surface area contributed by atoms with Gasteiger partial charge in [-0.3, -0.25) is 0 Å². The molecule has 10 rings (SSSR count). The maximum Gasteiger partial charge on any atom is 0.494 e. The van der Waals surface area contributed by atoms with Gasteiger partial charge in [0, 0.05) is 32.9 Å². The van der Waals surface area contributed by atoms with Crippen LogP contribution in [-0.2, 0) is 9.31 Å². The average Bonchev–Trinajstić information content (AvgIpc) is 3.78. The summed E-state index contributed by atoms with van der Waals surface area (Å²) in [7, 11) is -0.500. The second-order valence-corrected chi connectivity index (χ2v) is 15.3. The molecule has 256 valence electrons. The summed E-state index contributed by atoms with van der Waals surface area (Å²) in [6, 6.07) is 59.2. The fourth-order valence-electron chi connectivity index (χ4n) is 8.15. The van der Waals surface area contributed by atoms with E-state index in [-0.39, 0.29) is 0 Å². The van der Waals surface area contributed by atoms with Crippen molar-refractivity contribution in [1.29, 1.82) is 0 Å². The Morgan fingerprint density at radius 3 is 1.11 bits per heavy atom. The molecule has 3 heterocycles. The first kappa shape index (κ1) is 31.8. The second-order valence-electron chi connectivity index (χ2n) is 15.3. The largest absolute Gasteiger partial charge is 0.494 e. The van der Waals surface area contributed by atoms with Crippen molar-refractivity contribution in [3.05, 3.63) is 164 Å². The summed E-state index contributed by atoms with van der Waals surface area (Å²) in [5.41, 5.74) is 11.6. The van der Waals surface area contributed by atoms with E-state index >= 15 is 0 Å². The maximum absolute atomic E-state index is 6.66. The van der Waals surface area contributed by atoms with Gasteiger partial charge in [-0.2, -0.15) is 0 Å². The van der Waals surface area contributed by atoms with Gasteiger partial charge < -0.3 is 18.4 Å². The van der Waals surface area contributed by atoms with Crippen LogP contribution in [0.15, 0.2) is 164 Å². The number of hydrogen-bond acceptors (Lipinski definition) is 2. The van der Waals surface area contributed by atoms with Crippen molar-refractivity contribution in [1.82, 2.24) is 9.13 Å². The van der Waals surface area contributed by atoms with E-state index < -0.39 is 18.3 Å². The van der Waals surface area contributed by atoms with Gasteiger partial charge in [0.2, 0.25) is 0 Å². The Kier molecular flexibility index (Phi) is 7.10. The van der Waals surface area contributed by atoms with Gasteiger partial charge in [-0.1, -0.05) is 109 Å². The third kappa shape index (κ3) is 5.07. The lowest BCUT2D eigenvalue weighted by molar-refractivity contribution is 0.00578. The van der Waals surface area contributed by atoms with Crippen molar-refractivity contribution in [2.45, 2.75) is 38.9 Å². The van der Waals surface area contributed by atoms with E-state index in [0.29, 0.717) is 0 Å². The number of rotatable bonds is 5. The second kappa shape index (κ2) is 11.8. The highest BCUT2D eigenvalue weighted by Crippen LogP contribution is 2.39. The smallest absolute Gasteiger partial charge is 0.399 e. The minimum Gasteiger partial charge on any atom is -0.399 e. The molecule has 53 heavy (non-hydrogen) atoms. The Balaban J connectivity index is 1.15. The van der Waals surface area contributed by atoms with Crippen LogP contribution >= 0.6 is 0 Å². The monoisotopic (exact) mass is 686 g/mol. The normalized spacial score (nSPS) is 15.3. The van der Waals surface area contributed by atoms with E-state index in [1.807, 2.05) is 0 Å². The highest BCUT2D eigenvalue weighted by molar-refractivity contribution is 6.62. The highest BCUT2D eigenvalue weighted by atomic mass is 16.7. The predicted molar refractivity (Wildman–Crippen MR) is 222 cm³/mol. The van der Waals surface area contributed by atoms with Crippen molar-refractivity contribution in [3.8, 4) is 33.6 Å². The lowest BCUT2D eigenvalue weighted by atomic mass is 9.76. The van der Waals surface area contributed by atoms with Gasteiger partial charge in [0.1, 0.15) is 0 Å². The van der Waals surface area contributed by atoms with Gasteiger partial charge in [-0.05, 0) is 110 Å². The van der Waals surface area contributed by atoms with Gasteiger partial charge in [0.05, 0.1) is 33.3 Å². The molecule has 0 spiro atoms. The molecule has 1 fully saturated rings. The van der Waals surface area contributed by atoms with Gasteiger partial charge in [0.25, 0.3) is 0 Å². The summed E-state index contributed by atoms with van der Waals surface area (Å²) < 4.78 is 18.1. The molecular weight excluding hydrogens is 647 g/mol. The van der Waals surface area contributed by atoms with Gasteiger partial charge >= 0.3 is 7.12 Å². The number of benzene rings is 7. The van der Waals surface area contributed by atoms with Gasteiger partial charge in [0.15, 0.2) is 0 Å². The molecule has 9 aromatic rings. The predicted octanol–water partition coefficient (Wildman–Crippen LogP) is 11.5. The molecule has 5 heteroatoms. The Hall–Kier alpha value is -5.88. The first-order valence-corrected chi connectivity index (χ1v) is 18.4. The van der Waals surface area contributed by atoms with Crippen LogP contribution in [0.1, 0.15) is 27.7 Å². The maximum atomic E-state index is 6.66. The number of para-hydroxylation sites is 4. The van der Waals surface area contributed by atoms with Crippen LogP contribution in [0.3, 0.4) is 0 Å². The molecule has 1 saturated heterocycles. The third-order valence-electron chi connectivity index (χ3n) is 11.5. The summed E-state index contributed by atoms with van der Waals surface area (Å²) in [4.78, 5) is 0. The molecule has 2 aromatic heterocycles. The Labute approximate surface area is 310 Å². The summed E-state index contributed by atoms with van der Waals surface area (Å²) in [6.45, 7) is 8.45. The molecule has 0 bridgehead atoms. The van der Waals surface area contributed by atoms with E-state index in [4.69, 9.17) is 9.31 Å². The summed E-state index contributed by atoms with van der Waals surface area (Å²) in [5.74, 6) is 0. The molecule has 0 unspecified atom stereocenters. The lowest BCUT2D eigenvalue weighted by Gasteiger charge is -2.32. The van der Waals surface area contributed by atoms with Crippen molar-refractivity contribution < 1.29 is 9.31 Å². The van der Waals surface area contributed by atoms with Crippen molar-refractivity contribution in [3.63, 3.8) is 0 Å². The summed E-state index contributed by atoms with van der Waals surface area (Å²) in [5, 5.41) is 5.01. The number of hydrogen-bond donors (Lipinski definition) is 0. The van der Waals surface area contributed by atoms with E-state index in [2.05, 4.69) is 201 Å². The minimum absolute atomic E-state index is 0.458. The Morgan fingerprint density at radius 1 is 0.377 bits per heavy atom. The fraction of sp³-hybridized carbons (Fsp3) is 0.125. The molecule has 1 aliphatic heterocycles. The molecule has 0 saturated carbocycles. The van der Waals surface area contributed by atoms with Crippen molar-refractivity contribution >= 4 is 56.2 Å². The zero-order valence-corrected chi connectivity index (χ0v) is 30.4. The first-order valence-electron chi connectivity index (χ1n) is 18.4. The van der Waals surface area contributed by atoms with E-state index in [9.17, 15) is 0 Å². The number of fused-ring (bicyclic) bond motifs is 6. The summed E-state index contributed by atoms with van der Waals surface area (Å²) in [6.07, 6.45) is 0. The van der Waals surface area contributed by atoms with E-state index in [0.717, 1.165) is 39.1 Å². The third-order valence-corrected chi connectivity index (χ3v) is 11.5. The number of nitrogens with zero attached hydrogens (tertiary/aromatic N) is 2. The van der Waals surface area contributed by atoms with Crippen LogP contribution in [0, 0.1) is 0 Å². The highest BCUT2D eigenvalue weighted by Gasteiger charge is 2.51. The van der Waals surface area contributed by atoms with Crippen LogP contribution in [0.25, 0.3) is 77.2 Å². The first-order chi connectivity index (χ1) is 25.8. The molecule has 0 amide bonds. The van der Waals surface area contributed by atoms with Crippen LogP contribution in [0.5, 0.6) is 0 Å². The number of aromatic nitrogens is 2. The minimum atomic E-state index is -0.500. The van der Waals surface area contributed by atoms with Crippen molar-refractivity contribution in [2.24, 2.45) is 0 Å². The topological polar surface area (TPSA) is 28.3 Å². The Bertz CT molecular complexity index is 2580. The molecule has 0 atom stereocenters. The van der Waals surface area contributed by atoms with Gasteiger partial charge in [-0.15, -0.1) is 0 Å². The van der Waals surface area contributed by atoms with E-state index in [1.165, 1.54) is 43.6 Å². The molecule has 4 nitrogen and oxygen atoms in total. The van der Waals surface area contributed by atoms with Crippen molar-refractivity contribution in [2.75, 3.05) is 0 Å². The molecular formula is C48H39BN2O2. The molecule has 0 aliphatic carbocycles. The zero-order valence-electron chi connectivity index (χ0n) is 30.4. The zero-order chi connectivity index (χ0) is 35.9. The van der Waals surface area contributed by atoms with Gasteiger partial charge in [-0.25, -0.2) is 0 Å². The lowest BCUT2D eigenvalue weighted by Crippen LogP contribution is -2.41. The molecule has 1 aliphatic rings. The standard InChI is InChI=1S/C48H39BN2O2/c1-47(2)48(3,4)53-49(52-47)36-28-34(32-15-13-17-37(30-32)50-43-23-9-5-19-39(43)40-20-6-10-24-44(40)50)27-35(29-36)33-16-14-18-38(31-33)51-45-25-11-7-21-41(45)42-22-8-12-26-46(42)51/h5-31H,1-4H3.